The Balaban J connectivity index is 1.18. The third-order valence-electron chi connectivity index (χ3n) is 5.43. The molecule has 2 aromatic carbocycles. The number of carbonyl (C=O) groups excluding carboxylic acids is 1. The Bertz CT molecular complexity index is 1180. The molecule has 9 heteroatoms. The molecule has 0 N–H and O–H groups in total. The number of carbonyl (C=O) groups is 1. The van der Waals surface area contributed by atoms with E-state index in [1.807, 2.05) is 58.0 Å². The second kappa shape index (κ2) is 8.72. The molecule has 3 heterocycles. The molecule has 1 saturated heterocycles. The zero-order valence-electron chi connectivity index (χ0n) is 16.6. The third-order valence-corrected chi connectivity index (χ3v) is 6.60. The molecule has 158 valence electrons. The summed E-state index contributed by atoms with van der Waals surface area (Å²) in [6.45, 7) is 1.40. The highest BCUT2D eigenvalue weighted by molar-refractivity contribution is 7.99. The summed E-state index contributed by atoms with van der Waals surface area (Å²) in [4.78, 5) is 19.3. The van der Waals surface area contributed by atoms with Gasteiger partial charge in [0.05, 0.1) is 11.4 Å². The van der Waals surface area contributed by atoms with E-state index in [0.29, 0.717) is 29.0 Å². The molecule has 0 aliphatic carbocycles. The number of nitrogens with zero attached hydrogens (tertiary/aromatic N) is 5. The van der Waals surface area contributed by atoms with E-state index in [1.54, 1.807) is 6.33 Å². The topological polar surface area (TPSA) is 77.1 Å². The largest absolute Gasteiger partial charge is 0.440 e. The van der Waals surface area contributed by atoms with Gasteiger partial charge in [0.15, 0.2) is 16.6 Å². The molecule has 5 rings (SSSR count). The Morgan fingerprint density at radius 1 is 1.16 bits per heavy atom. The monoisotopic (exact) mass is 453 g/mol. The number of aromatic nitrogens is 4. The van der Waals surface area contributed by atoms with Crippen molar-refractivity contribution in [1.82, 2.24) is 24.6 Å². The van der Waals surface area contributed by atoms with Gasteiger partial charge in [0.2, 0.25) is 5.91 Å². The van der Waals surface area contributed by atoms with E-state index >= 15 is 0 Å². The van der Waals surface area contributed by atoms with Crippen LogP contribution in [0.2, 0.25) is 5.02 Å². The average Bonchev–Trinajstić information content (AvgIpc) is 3.44. The molecule has 7 nitrogen and oxygen atoms in total. The smallest absolute Gasteiger partial charge is 0.233 e. The highest BCUT2D eigenvalue weighted by Gasteiger charge is 2.27. The molecule has 0 radical (unpaired) electrons. The first-order chi connectivity index (χ1) is 15.2. The van der Waals surface area contributed by atoms with Crippen LogP contribution in [0.4, 0.5) is 0 Å². The lowest BCUT2D eigenvalue weighted by Crippen LogP contribution is -2.39. The predicted molar refractivity (Wildman–Crippen MR) is 120 cm³/mol. The van der Waals surface area contributed by atoms with Crippen LogP contribution in [-0.2, 0) is 4.79 Å². The van der Waals surface area contributed by atoms with Gasteiger partial charge < -0.3 is 9.32 Å². The minimum absolute atomic E-state index is 0.0988. The van der Waals surface area contributed by atoms with Gasteiger partial charge in [-0.2, -0.15) is 0 Å². The zero-order valence-corrected chi connectivity index (χ0v) is 18.2. The first-order valence-corrected chi connectivity index (χ1v) is 11.5. The first kappa shape index (κ1) is 20.1. The van der Waals surface area contributed by atoms with Crippen molar-refractivity contribution >= 4 is 40.4 Å². The maximum atomic E-state index is 12.8. The van der Waals surface area contributed by atoms with Crippen LogP contribution in [-0.4, -0.2) is 49.4 Å². The summed E-state index contributed by atoms with van der Waals surface area (Å²) in [7, 11) is 0. The molecule has 0 unspecified atom stereocenters. The van der Waals surface area contributed by atoms with Crippen LogP contribution in [0.15, 0.2) is 64.4 Å². The number of oxazole rings is 1. The van der Waals surface area contributed by atoms with Crippen molar-refractivity contribution in [3.05, 3.63) is 65.8 Å². The Hall–Kier alpha value is -2.84. The van der Waals surface area contributed by atoms with E-state index in [-0.39, 0.29) is 11.8 Å². The van der Waals surface area contributed by atoms with Crippen molar-refractivity contribution in [3.8, 4) is 5.69 Å². The van der Waals surface area contributed by atoms with Crippen LogP contribution in [0.5, 0.6) is 0 Å². The third kappa shape index (κ3) is 4.31. The predicted octanol–water partition coefficient (Wildman–Crippen LogP) is 4.56. The van der Waals surface area contributed by atoms with E-state index in [9.17, 15) is 4.79 Å². The van der Waals surface area contributed by atoms with Crippen molar-refractivity contribution < 1.29 is 9.21 Å². The van der Waals surface area contributed by atoms with E-state index < -0.39 is 0 Å². The minimum atomic E-state index is 0.0988. The van der Waals surface area contributed by atoms with Crippen LogP contribution in [0, 0.1) is 0 Å². The molecule has 1 aliphatic heterocycles. The van der Waals surface area contributed by atoms with Gasteiger partial charge >= 0.3 is 0 Å². The van der Waals surface area contributed by atoms with Crippen molar-refractivity contribution in [1.29, 1.82) is 0 Å². The number of benzene rings is 2. The molecule has 0 atom stereocenters. The molecule has 4 aromatic rings. The van der Waals surface area contributed by atoms with Crippen LogP contribution in [0.3, 0.4) is 0 Å². The van der Waals surface area contributed by atoms with Gasteiger partial charge in [-0.1, -0.05) is 41.6 Å². The number of hydrogen-bond acceptors (Lipinski definition) is 6. The molecule has 0 saturated carbocycles. The maximum Gasteiger partial charge on any atom is 0.233 e. The zero-order chi connectivity index (χ0) is 21.2. The van der Waals surface area contributed by atoms with Crippen molar-refractivity contribution in [2.45, 2.75) is 23.9 Å². The SMILES string of the molecule is O=C(CSc1nncn1-c1cccc(Cl)c1)N1CCC(c2nc3ccccc3o2)CC1. The summed E-state index contributed by atoms with van der Waals surface area (Å²) in [5.74, 6) is 1.43. The Labute approximate surface area is 188 Å². The summed E-state index contributed by atoms with van der Waals surface area (Å²) in [5.41, 5.74) is 2.57. The van der Waals surface area contributed by atoms with E-state index in [2.05, 4.69) is 15.2 Å². The van der Waals surface area contributed by atoms with Crippen molar-refractivity contribution in [3.63, 3.8) is 0 Å². The summed E-state index contributed by atoms with van der Waals surface area (Å²) in [6.07, 6.45) is 3.33. The summed E-state index contributed by atoms with van der Waals surface area (Å²) in [5, 5.41) is 9.44. The Kier molecular flexibility index (Phi) is 5.65. The molecule has 31 heavy (non-hydrogen) atoms. The van der Waals surface area contributed by atoms with Gasteiger partial charge in [0.1, 0.15) is 11.8 Å². The van der Waals surface area contributed by atoms with Crippen LogP contribution < -0.4 is 0 Å². The number of halogens is 1. The van der Waals surface area contributed by atoms with Crippen LogP contribution in [0.1, 0.15) is 24.7 Å². The van der Waals surface area contributed by atoms with Gasteiger partial charge in [-0.25, -0.2) is 4.98 Å². The van der Waals surface area contributed by atoms with Crippen molar-refractivity contribution in [2.24, 2.45) is 0 Å². The molecule has 1 fully saturated rings. The lowest BCUT2D eigenvalue weighted by Gasteiger charge is -2.30. The highest BCUT2D eigenvalue weighted by atomic mass is 35.5. The summed E-state index contributed by atoms with van der Waals surface area (Å²) < 4.78 is 7.75. The van der Waals surface area contributed by atoms with Gasteiger partial charge in [0.25, 0.3) is 0 Å². The van der Waals surface area contributed by atoms with Crippen LogP contribution >= 0.6 is 23.4 Å². The lowest BCUT2D eigenvalue weighted by atomic mass is 9.97. The molecule has 0 bridgehead atoms. The molecule has 1 amide bonds. The van der Waals surface area contributed by atoms with E-state index in [0.717, 1.165) is 35.5 Å². The van der Waals surface area contributed by atoms with Gasteiger partial charge in [-0.3, -0.25) is 9.36 Å². The number of amides is 1. The molecule has 0 spiro atoms. The molecule has 1 aliphatic rings. The number of rotatable bonds is 5. The number of para-hydroxylation sites is 2. The maximum absolute atomic E-state index is 12.8. The number of piperidine rings is 1. The van der Waals surface area contributed by atoms with Gasteiger partial charge in [0, 0.05) is 24.0 Å². The average molecular weight is 454 g/mol. The number of likely N-dealkylation sites (tertiary alicyclic amines) is 1. The number of hydrogen-bond donors (Lipinski definition) is 0. The van der Waals surface area contributed by atoms with E-state index in [1.165, 1.54) is 11.8 Å². The van der Waals surface area contributed by atoms with Gasteiger partial charge in [-0.15, -0.1) is 10.2 Å². The fourth-order valence-electron chi connectivity index (χ4n) is 3.78. The highest BCUT2D eigenvalue weighted by Crippen LogP contribution is 2.30. The number of thioether (sulfide) groups is 1. The lowest BCUT2D eigenvalue weighted by molar-refractivity contribution is -0.129. The molecular formula is C22H20ClN5O2S. The summed E-state index contributed by atoms with van der Waals surface area (Å²) >= 11 is 7.47. The second-order valence-electron chi connectivity index (χ2n) is 7.43. The Morgan fingerprint density at radius 3 is 2.81 bits per heavy atom. The van der Waals surface area contributed by atoms with Crippen molar-refractivity contribution in [2.75, 3.05) is 18.8 Å². The quantitative estimate of drug-likeness (QED) is 0.412. The Morgan fingerprint density at radius 2 is 2.00 bits per heavy atom. The fraction of sp³-hybridized carbons (Fsp3) is 0.273. The summed E-state index contributed by atoms with van der Waals surface area (Å²) in [6, 6.07) is 15.3. The standard InChI is InChI=1S/C22H20ClN5O2S/c23-16-4-3-5-17(12-16)28-14-24-26-22(28)31-13-20(29)27-10-8-15(9-11-27)21-25-18-6-1-2-7-19(18)30-21/h1-7,12,14-15H,8-11,13H2. The van der Waals surface area contributed by atoms with E-state index in [4.69, 9.17) is 16.0 Å². The second-order valence-corrected chi connectivity index (χ2v) is 8.81. The minimum Gasteiger partial charge on any atom is -0.440 e. The molecular weight excluding hydrogens is 434 g/mol. The fourth-order valence-corrected chi connectivity index (χ4v) is 4.80. The van der Waals surface area contributed by atoms with Crippen LogP contribution in [0.25, 0.3) is 16.8 Å². The first-order valence-electron chi connectivity index (χ1n) is 10.1. The van der Waals surface area contributed by atoms with Gasteiger partial charge in [-0.05, 0) is 43.2 Å². The number of fused-ring (bicyclic) bond motifs is 1. The normalized spacial score (nSPS) is 14.9. The molecule has 2 aromatic heterocycles.